The van der Waals surface area contributed by atoms with E-state index in [-0.39, 0.29) is 0 Å². The van der Waals surface area contributed by atoms with Crippen molar-refractivity contribution in [1.29, 1.82) is 0 Å². The molecule has 0 unspecified atom stereocenters. The second kappa shape index (κ2) is 3.08. The summed E-state index contributed by atoms with van der Waals surface area (Å²) in [7, 11) is 0. The molecule has 0 aromatic heterocycles. The largest absolute Gasteiger partial charge is 0.296 e. The molecule has 0 bridgehead atoms. The molecule has 1 aliphatic carbocycles. The molecule has 1 aromatic carbocycles. The Labute approximate surface area is 92.1 Å². The average molecular weight is 201 g/mol. The zero-order valence-corrected chi connectivity index (χ0v) is 9.66. The lowest BCUT2D eigenvalue weighted by atomic mass is 9.86. The molecule has 3 rings (SSSR count). The van der Waals surface area contributed by atoms with Crippen LogP contribution in [0.1, 0.15) is 37.8 Å². The molecule has 0 atom stereocenters. The predicted molar refractivity (Wildman–Crippen MR) is 62.9 cm³/mol. The maximum Gasteiger partial charge on any atom is 0.0239 e. The monoisotopic (exact) mass is 201 g/mol. The van der Waals surface area contributed by atoms with Crippen LogP contribution in [0.15, 0.2) is 24.3 Å². The van der Waals surface area contributed by atoms with E-state index in [1.807, 2.05) is 0 Å². The van der Waals surface area contributed by atoms with Gasteiger partial charge in [-0.1, -0.05) is 24.3 Å². The maximum atomic E-state index is 2.62. The number of hydrogen-bond donors (Lipinski definition) is 0. The fraction of sp³-hybridized carbons (Fsp3) is 0.571. The van der Waals surface area contributed by atoms with Crippen molar-refractivity contribution in [1.82, 2.24) is 4.90 Å². The summed E-state index contributed by atoms with van der Waals surface area (Å²) in [4.78, 5) is 2.62. The van der Waals surface area contributed by atoms with Crippen LogP contribution in [0, 0.1) is 0 Å². The van der Waals surface area contributed by atoms with Gasteiger partial charge in [-0.25, -0.2) is 0 Å². The third kappa shape index (κ3) is 1.41. The van der Waals surface area contributed by atoms with E-state index in [0.717, 1.165) is 6.54 Å². The molecular weight excluding hydrogens is 182 g/mol. The molecule has 1 saturated carbocycles. The number of benzene rings is 1. The van der Waals surface area contributed by atoms with E-state index >= 15 is 0 Å². The zero-order chi connectivity index (χ0) is 10.5. The van der Waals surface area contributed by atoms with E-state index in [2.05, 4.69) is 43.0 Å². The molecule has 1 heteroatoms. The number of nitrogens with zero attached hydrogens (tertiary/aromatic N) is 1. The molecule has 0 amide bonds. The van der Waals surface area contributed by atoms with Gasteiger partial charge in [0.05, 0.1) is 0 Å². The van der Waals surface area contributed by atoms with Crippen molar-refractivity contribution in [2.45, 2.75) is 44.7 Å². The van der Waals surface area contributed by atoms with Crippen LogP contribution >= 0.6 is 0 Å². The van der Waals surface area contributed by atoms with Crippen LogP contribution in [0.25, 0.3) is 0 Å². The lowest BCUT2D eigenvalue weighted by Crippen LogP contribution is -2.41. The lowest BCUT2D eigenvalue weighted by Gasteiger charge is -2.37. The molecule has 80 valence electrons. The van der Waals surface area contributed by atoms with Crippen LogP contribution in [-0.4, -0.2) is 17.5 Å². The van der Waals surface area contributed by atoms with Crippen molar-refractivity contribution in [2.75, 3.05) is 6.54 Å². The minimum absolute atomic E-state index is 0.541. The first-order valence-corrected chi connectivity index (χ1v) is 6.04. The van der Waals surface area contributed by atoms with Gasteiger partial charge in [0, 0.05) is 24.5 Å². The fourth-order valence-electron chi connectivity index (χ4n) is 2.87. The molecule has 15 heavy (non-hydrogen) atoms. The first-order chi connectivity index (χ1) is 7.21. The van der Waals surface area contributed by atoms with Crippen LogP contribution in [0.5, 0.6) is 0 Å². The number of hydrogen-bond acceptors (Lipinski definition) is 1. The maximum absolute atomic E-state index is 2.62. The molecule has 0 N–H and O–H groups in total. The normalized spacial score (nSPS) is 23.1. The van der Waals surface area contributed by atoms with Gasteiger partial charge in [0.2, 0.25) is 0 Å². The number of fused-ring (bicyclic) bond motifs is 2. The summed E-state index contributed by atoms with van der Waals surface area (Å²) in [6, 6.07) is 9.71. The predicted octanol–water partition coefficient (Wildman–Crippen LogP) is 2.94. The molecule has 1 aromatic rings. The van der Waals surface area contributed by atoms with Crippen LogP contribution in [0.2, 0.25) is 0 Å². The van der Waals surface area contributed by atoms with Gasteiger partial charge in [-0.15, -0.1) is 0 Å². The van der Waals surface area contributed by atoms with E-state index in [1.54, 1.807) is 11.1 Å². The Kier molecular flexibility index (Phi) is 1.93. The Morgan fingerprint density at radius 3 is 2.60 bits per heavy atom. The molecule has 0 saturated heterocycles. The SMILES string of the molecule is CC(C)N1Cc2ccccc2C2(CC2)C1. The lowest BCUT2D eigenvalue weighted by molar-refractivity contribution is 0.177. The van der Waals surface area contributed by atoms with E-state index in [0.29, 0.717) is 11.5 Å². The Morgan fingerprint density at radius 2 is 1.93 bits per heavy atom. The Bertz CT molecular complexity index is 377. The third-order valence-corrected chi connectivity index (χ3v) is 4.05. The van der Waals surface area contributed by atoms with E-state index in [4.69, 9.17) is 0 Å². The van der Waals surface area contributed by atoms with Crippen LogP contribution in [0.4, 0.5) is 0 Å². The molecule has 1 aliphatic heterocycles. The fourth-order valence-corrected chi connectivity index (χ4v) is 2.87. The van der Waals surface area contributed by atoms with Crippen molar-refractivity contribution in [3.8, 4) is 0 Å². The molecule has 1 fully saturated rings. The van der Waals surface area contributed by atoms with Gasteiger partial charge in [0.1, 0.15) is 0 Å². The van der Waals surface area contributed by atoms with Gasteiger partial charge in [0.15, 0.2) is 0 Å². The first-order valence-electron chi connectivity index (χ1n) is 6.04. The van der Waals surface area contributed by atoms with Crippen molar-refractivity contribution in [3.63, 3.8) is 0 Å². The quantitative estimate of drug-likeness (QED) is 0.675. The third-order valence-electron chi connectivity index (χ3n) is 4.05. The Hall–Kier alpha value is -0.820. The topological polar surface area (TPSA) is 3.24 Å². The Morgan fingerprint density at radius 1 is 1.20 bits per heavy atom. The molecule has 1 heterocycles. The second-order valence-corrected chi connectivity index (χ2v) is 5.44. The molecule has 0 radical (unpaired) electrons. The minimum atomic E-state index is 0.541. The highest BCUT2D eigenvalue weighted by molar-refractivity contribution is 5.41. The van der Waals surface area contributed by atoms with Gasteiger partial charge in [-0.3, -0.25) is 4.90 Å². The summed E-state index contributed by atoms with van der Waals surface area (Å²) in [6.45, 7) is 7.05. The summed E-state index contributed by atoms with van der Waals surface area (Å²) < 4.78 is 0. The van der Waals surface area contributed by atoms with Gasteiger partial charge >= 0.3 is 0 Å². The average Bonchev–Trinajstić information content (AvgIpc) is 2.99. The van der Waals surface area contributed by atoms with Gasteiger partial charge in [0.25, 0.3) is 0 Å². The molecular formula is C14H19N. The van der Waals surface area contributed by atoms with Gasteiger partial charge < -0.3 is 0 Å². The van der Waals surface area contributed by atoms with E-state index < -0.39 is 0 Å². The highest BCUT2D eigenvalue weighted by Crippen LogP contribution is 2.52. The smallest absolute Gasteiger partial charge is 0.0239 e. The summed E-state index contributed by atoms with van der Waals surface area (Å²) in [5, 5.41) is 0. The summed E-state index contributed by atoms with van der Waals surface area (Å²) in [5.74, 6) is 0. The van der Waals surface area contributed by atoms with Crippen LogP contribution in [0.3, 0.4) is 0 Å². The van der Waals surface area contributed by atoms with Crippen LogP contribution in [-0.2, 0) is 12.0 Å². The van der Waals surface area contributed by atoms with Crippen LogP contribution < -0.4 is 0 Å². The number of rotatable bonds is 1. The van der Waals surface area contributed by atoms with E-state index in [9.17, 15) is 0 Å². The zero-order valence-electron chi connectivity index (χ0n) is 9.66. The molecule has 1 spiro atoms. The Balaban J connectivity index is 2.01. The van der Waals surface area contributed by atoms with Gasteiger partial charge in [-0.05, 0) is 37.8 Å². The van der Waals surface area contributed by atoms with Crippen molar-refractivity contribution in [2.24, 2.45) is 0 Å². The van der Waals surface area contributed by atoms with Gasteiger partial charge in [-0.2, -0.15) is 0 Å². The molecule has 1 nitrogen and oxygen atoms in total. The highest BCUT2D eigenvalue weighted by Gasteiger charge is 2.48. The standard InChI is InChI=1S/C14H19N/c1-11(2)15-9-12-5-3-4-6-13(12)14(10-15)7-8-14/h3-6,11H,7-10H2,1-2H3. The van der Waals surface area contributed by atoms with E-state index in [1.165, 1.54) is 19.4 Å². The van der Waals surface area contributed by atoms with Crippen molar-refractivity contribution < 1.29 is 0 Å². The minimum Gasteiger partial charge on any atom is -0.296 e. The van der Waals surface area contributed by atoms with Crippen molar-refractivity contribution in [3.05, 3.63) is 35.4 Å². The summed E-state index contributed by atoms with van der Waals surface area (Å²) in [5.41, 5.74) is 3.75. The highest BCUT2D eigenvalue weighted by atomic mass is 15.2. The summed E-state index contributed by atoms with van der Waals surface area (Å²) >= 11 is 0. The second-order valence-electron chi connectivity index (χ2n) is 5.44. The first kappa shape index (κ1) is 9.41. The van der Waals surface area contributed by atoms with Crippen molar-refractivity contribution >= 4 is 0 Å². The molecule has 2 aliphatic rings. The summed E-state index contributed by atoms with van der Waals surface area (Å²) in [6.07, 6.45) is 2.79.